The third-order valence-electron chi connectivity index (χ3n) is 5.71. The lowest BCUT2D eigenvalue weighted by molar-refractivity contribution is 0.315. The number of anilines is 1. The van der Waals surface area contributed by atoms with E-state index in [-0.39, 0.29) is 0 Å². The third kappa shape index (κ3) is 3.58. The van der Waals surface area contributed by atoms with Crippen LogP contribution in [0.1, 0.15) is 55.9 Å². The normalized spacial score (nSPS) is 19.4. The van der Waals surface area contributed by atoms with Crippen LogP contribution in [0.25, 0.3) is 0 Å². The number of rotatable bonds is 5. The minimum absolute atomic E-state index is 0.494. The highest BCUT2D eigenvalue weighted by atomic mass is 15.3. The summed E-state index contributed by atoms with van der Waals surface area (Å²) in [5.41, 5.74) is 1.02. The first-order valence-corrected chi connectivity index (χ1v) is 9.92. The van der Waals surface area contributed by atoms with Crippen molar-refractivity contribution in [2.45, 2.75) is 58.5 Å². The van der Waals surface area contributed by atoms with Crippen LogP contribution in [0.2, 0.25) is 0 Å². The van der Waals surface area contributed by atoms with Gasteiger partial charge in [-0.2, -0.15) is 0 Å². The topological polar surface area (TPSA) is 63.0 Å². The van der Waals surface area contributed by atoms with E-state index < -0.39 is 0 Å². The fourth-order valence-corrected chi connectivity index (χ4v) is 4.23. The molecule has 0 spiro atoms. The molecular formula is C19H29N7. The van der Waals surface area contributed by atoms with Gasteiger partial charge < -0.3 is 9.47 Å². The molecule has 4 heterocycles. The molecule has 0 aromatic carbocycles. The van der Waals surface area contributed by atoms with E-state index in [0.717, 1.165) is 56.4 Å². The minimum Gasteiger partial charge on any atom is -0.356 e. The largest absolute Gasteiger partial charge is 0.356 e. The van der Waals surface area contributed by atoms with Gasteiger partial charge in [0.2, 0.25) is 0 Å². The summed E-state index contributed by atoms with van der Waals surface area (Å²) in [7, 11) is 0. The van der Waals surface area contributed by atoms with E-state index in [1.165, 1.54) is 31.8 Å². The Kier molecular flexibility index (Phi) is 5.15. The maximum atomic E-state index is 4.61. The molecule has 0 aliphatic carbocycles. The van der Waals surface area contributed by atoms with Crippen molar-refractivity contribution >= 4 is 5.82 Å². The van der Waals surface area contributed by atoms with Gasteiger partial charge in [0.1, 0.15) is 23.8 Å². The molecule has 4 rings (SSSR count). The van der Waals surface area contributed by atoms with Crippen LogP contribution in [0.5, 0.6) is 0 Å². The predicted octanol–water partition coefficient (Wildman–Crippen LogP) is 2.38. The standard InChI is InChI=1S/C19H29N7/c1-3-26-18(13-24-8-4-5-9-24)22-23-19(26)16-6-10-25(11-7-16)17-12-15(2)20-14-21-17/h12,14,16H,3-11,13H2,1-2H3. The van der Waals surface area contributed by atoms with E-state index in [0.29, 0.717) is 5.92 Å². The van der Waals surface area contributed by atoms with Crippen molar-refractivity contribution in [1.29, 1.82) is 0 Å². The summed E-state index contributed by atoms with van der Waals surface area (Å²) in [6.45, 7) is 10.5. The van der Waals surface area contributed by atoms with Crippen LogP contribution in [0.4, 0.5) is 5.82 Å². The molecule has 0 N–H and O–H groups in total. The quantitative estimate of drug-likeness (QED) is 0.820. The third-order valence-corrected chi connectivity index (χ3v) is 5.71. The van der Waals surface area contributed by atoms with E-state index >= 15 is 0 Å². The molecule has 0 unspecified atom stereocenters. The SMILES string of the molecule is CCn1c(CN2CCCC2)nnc1C1CCN(c2cc(C)ncn2)CC1. The van der Waals surface area contributed by atoms with Crippen LogP contribution in [-0.4, -0.2) is 55.8 Å². The van der Waals surface area contributed by atoms with Crippen LogP contribution < -0.4 is 4.90 Å². The Morgan fingerprint density at radius 1 is 1.04 bits per heavy atom. The fraction of sp³-hybridized carbons (Fsp3) is 0.684. The van der Waals surface area contributed by atoms with Gasteiger partial charge in [0, 0.05) is 37.3 Å². The van der Waals surface area contributed by atoms with Gasteiger partial charge >= 0.3 is 0 Å². The van der Waals surface area contributed by atoms with E-state index in [4.69, 9.17) is 0 Å². The molecule has 26 heavy (non-hydrogen) atoms. The average Bonchev–Trinajstić information content (AvgIpc) is 3.32. The number of hydrogen-bond donors (Lipinski definition) is 0. The lowest BCUT2D eigenvalue weighted by atomic mass is 9.96. The Morgan fingerprint density at radius 3 is 2.50 bits per heavy atom. The first kappa shape index (κ1) is 17.4. The summed E-state index contributed by atoms with van der Waals surface area (Å²) < 4.78 is 2.35. The smallest absolute Gasteiger partial charge is 0.147 e. The summed E-state index contributed by atoms with van der Waals surface area (Å²) >= 11 is 0. The molecule has 140 valence electrons. The summed E-state index contributed by atoms with van der Waals surface area (Å²) in [4.78, 5) is 13.5. The molecule has 2 saturated heterocycles. The summed E-state index contributed by atoms with van der Waals surface area (Å²) in [5, 5.41) is 9.16. The molecule has 2 fully saturated rings. The van der Waals surface area contributed by atoms with E-state index in [1.807, 2.05) is 6.92 Å². The van der Waals surface area contributed by atoms with Crippen LogP contribution in [0, 0.1) is 6.92 Å². The van der Waals surface area contributed by atoms with Crippen molar-refractivity contribution in [2.24, 2.45) is 0 Å². The van der Waals surface area contributed by atoms with Crippen molar-refractivity contribution in [3.05, 3.63) is 29.7 Å². The fourth-order valence-electron chi connectivity index (χ4n) is 4.23. The first-order valence-electron chi connectivity index (χ1n) is 9.92. The zero-order chi connectivity index (χ0) is 17.9. The zero-order valence-electron chi connectivity index (χ0n) is 15.9. The highest BCUT2D eigenvalue weighted by Gasteiger charge is 2.27. The van der Waals surface area contributed by atoms with E-state index in [1.54, 1.807) is 6.33 Å². The van der Waals surface area contributed by atoms with Crippen molar-refractivity contribution in [1.82, 2.24) is 29.6 Å². The van der Waals surface area contributed by atoms with Gasteiger partial charge in [0.15, 0.2) is 0 Å². The second-order valence-corrected chi connectivity index (χ2v) is 7.48. The van der Waals surface area contributed by atoms with Crippen molar-refractivity contribution in [2.75, 3.05) is 31.1 Å². The monoisotopic (exact) mass is 355 g/mol. The highest BCUT2D eigenvalue weighted by molar-refractivity contribution is 5.39. The number of likely N-dealkylation sites (tertiary alicyclic amines) is 1. The summed E-state index contributed by atoms with van der Waals surface area (Å²) in [6, 6.07) is 2.07. The molecule has 2 aliphatic heterocycles. The lowest BCUT2D eigenvalue weighted by Gasteiger charge is -2.32. The second-order valence-electron chi connectivity index (χ2n) is 7.48. The van der Waals surface area contributed by atoms with E-state index in [9.17, 15) is 0 Å². The van der Waals surface area contributed by atoms with Gasteiger partial charge in [0.05, 0.1) is 6.54 Å². The molecule has 0 bridgehead atoms. The van der Waals surface area contributed by atoms with Crippen LogP contribution in [0.15, 0.2) is 12.4 Å². The molecule has 0 saturated carbocycles. The molecule has 2 aromatic rings. The summed E-state index contributed by atoms with van der Waals surface area (Å²) in [5.74, 6) is 3.86. The number of nitrogens with zero attached hydrogens (tertiary/aromatic N) is 7. The van der Waals surface area contributed by atoms with Gasteiger partial charge in [-0.25, -0.2) is 9.97 Å². The maximum absolute atomic E-state index is 4.61. The van der Waals surface area contributed by atoms with Crippen LogP contribution >= 0.6 is 0 Å². The van der Waals surface area contributed by atoms with Gasteiger partial charge in [-0.05, 0) is 52.6 Å². The minimum atomic E-state index is 0.494. The molecule has 7 nitrogen and oxygen atoms in total. The van der Waals surface area contributed by atoms with E-state index in [2.05, 4.69) is 47.5 Å². The zero-order valence-corrected chi connectivity index (χ0v) is 15.9. The molecule has 2 aliphatic rings. The predicted molar refractivity (Wildman–Crippen MR) is 101 cm³/mol. The number of hydrogen-bond acceptors (Lipinski definition) is 6. The second kappa shape index (κ2) is 7.70. The van der Waals surface area contributed by atoms with Crippen molar-refractivity contribution in [3.8, 4) is 0 Å². The Bertz CT molecular complexity index is 727. The van der Waals surface area contributed by atoms with Gasteiger partial charge in [-0.3, -0.25) is 4.90 Å². The lowest BCUT2D eigenvalue weighted by Crippen LogP contribution is -2.34. The van der Waals surface area contributed by atoms with Crippen molar-refractivity contribution < 1.29 is 0 Å². The number of piperidine rings is 1. The van der Waals surface area contributed by atoms with Crippen molar-refractivity contribution in [3.63, 3.8) is 0 Å². The molecule has 0 atom stereocenters. The van der Waals surface area contributed by atoms with Gasteiger partial charge in [-0.15, -0.1) is 10.2 Å². The Morgan fingerprint density at radius 2 is 1.81 bits per heavy atom. The van der Waals surface area contributed by atoms with Gasteiger partial charge in [0.25, 0.3) is 0 Å². The molecule has 0 radical (unpaired) electrons. The highest BCUT2D eigenvalue weighted by Crippen LogP contribution is 2.29. The van der Waals surface area contributed by atoms with Gasteiger partial charge in [-0.1, -0.05) is 0 Å². The first-order chi connectivity index (χ1) is 12.7. The number of aromatic nitrogens is 5. The average molecular weight is 355 g/mol. The van der Waals surface area contributed by atoms with Crippen LogP contribution in [-0.2, 0) is 13.1 Å². The van der Waals surface area contributed by atoms with Crippen LogP contribution in [0.3, 0.4) is 0 Å². The molecule has 2 aromatic heterocycles. The Hall–Kier alpha value is -2.02. The molecule has 0 amide bonds. The Balaban J connectivity index is 1.43. The Labute approximate surface area is 155 Å². The number of aryl methyl sites for hydroxylation is 1. The molecular weight excluding hydrogens is 326 g/mol. The maximum Gasteiger partial charge on any atom is 0.147 e. The summed E-state index contributed by atoms with van der Waals surface area (Å²) in [6.07, 6.45) is 6.49. The molecule has 7 heteroatoms.